The van der Waals surface area contributed by atoms with Crippen LogP contribution in [-0.4, -0.2) is 43.5 Å². The van der Waals surface area contributed by atoms with Gasteiger partial charge in [-0.1, -0.05) is 13.8 Å². The molecule has 0 bridgehead atoms. The summed E-state index contributed by atoms with van der Waals surface area (Å²) in [5.41, 5.74) is 3.82. The molecular formula is C17H25N5O. The molecule has 6 heteroatoms. The Labute approximate surface area is 137 Å². The smallest absolute Gasteiger partial charge is 0.272 e. The Hall–Kier alpha value is -2.11. The number of hydrogen-bond acceptors (Lipinski definition) is 3. The van der Waals surface area contributed by atoms with Crippen molar-refractivity contribution in [2.45, 2.75) is 46.1 Å². The van der Waals surface area contributed by atoms with Crippen LogP contribution in [0.2, 0.25) is 0 Å². The van der Waals surface area contributed by atoms with Crippen LogP contribution < -0.4 is 0 Å². The van der Waals surface area contributed by atoms with Crippen LogP contribution in [0.25, 0.3) is 0 Å². The molecule has 1 aliphatic heterocycles. The van der Waals surface area contributed by atoms with E-state index in [1.54, 1.807) is 4.68 Å². The molecule has 1 atom stereocenters. The fourth-order valence-electron chi connectivity index (χ4n) is 3.28. The predicted molar refractivity (Wildman–Crippen MR) is 88.6 cm³/mol. The number of carbonyl (C=O) groups excluding carboxylic acids is 1. The maximum absolute atomic E-state index is 12.8. The van der Waals surface area contributed by atoms with Crippen LogP contribution in [0.3, 0.4) is 0 Å². The van der Waals surface area contributed by atoms with Gasteiger partial charge in [0, 0.05) is 25.8 Å². The molecule has 0 aromatic carbocycles. The Morgan fingerprint density at radius 1 is 1.26 bits per heavy atom. The highest BCUT2D eigenvalue weighted by molar-refractivity contribution is 5.93. The largest absolute Gasteiger partial charge is 0.335 e. The summed E-state index contributed by atoms with van der Waals surface area (Å²) >= 11 is 0. The van der Waals surface area contributed by atoms with E-state index in [4.69, 9.17) is 0 Å². The predicted octanol–water partition coefficient (Wildman–Crippen LogP) is 2.44. The first-order valence-electron chi connectivity index (χ1n) is 8.22. The van der Waals surface area contributed by atoms with E-state index in [1.807, 2.05) is 24.9 Å². The summed E-state index contributed by atoms with van der Waals surface area (Å²) in [7, 11) is 1.84. The van der Waals surface area contributed by atoms with Crippen LogP contribution in [0.4, 0.5) is 0 Å². The number of amides is 1. The van der Waals surface area contributed by atoms with Crippen molar-refractivity contribution in [3.8, 4) is 0 Å². The topological polar surface area (TPSA) is 56.0 Å². The van der Waals surface area contributed by atoms with E-state index < -0.39 is 0 Å². The second kappa shape index (κ2) is 5.83. The monoisotopic (exact) mass is 315 g/mol. The molecule has 1 aliphatic rings. The van der Waals surface area contributed by atoms with Gasteiger partial charge in [0.25, 0.3) is 5.91 Å². The average molecular weight is 315 g/mol. The number of nitrogens with zero attached hydrogens (tertiary/aromatic N) is 5. The van der Waals surface area contributed by atoms with Crippen molar-refractivity contribution >= 4 is 5.91 Å². The zero-order valence-electron chi connectivity index (χ0n) is 14.6. The van der Waals surface area contributed by atoms with Gasteiger partial charge in [-0.05, 0) is 38.3 Å². The van der Waals surface area contributed by atoms with Gasteiger partial charge >= 0.3 is 0 Å². The maximum Gasteiger partial charge on any atom is 0.272 e. The van der Waals surface area contributed by atoms with E-state index in [0.717, 1.165) is 30.0 Å². The molecule has 1 fully saturated rings. The van der Waals surface area contributed by atoms with Crippen molar-refractivity contribution in [2.75, 3.05) is 13.1 Å². The zero-order valence-corrected chi connectivity index (χ0v) is 14.6. The Balaban J connectivity index is 1.76. The third kappa shape index (κ3) is 2.90. The Kier molecular flexibility index (Phi) is 4.00. The fraction of sp³-hybridized carbons (Fsp3) is 0.588. The second-order valence-electron chi connectivity index (χ2n) is 6.80. The first kappa shape index (κ1) is 15.8. The highest BCUT2D eigenvalue weighted by Gasteiger charge is 2.30. The molecule has 0 aliphatic carbocycles. The number of aryl methyl sites for hydroxylation is 3. The van der Waals surface area contributed by atoms with Crippen LogP contribution >= 0.6 is 0 Å². The summed E-state index contributed by atoms with van der Waals surface area (Å²) in [6.45, 7) is 9.73. The van der Waals surface area contributed by atoms with Crippen LogP contribution in [0, 0.1) is 13.8 Å². The number of carbonyl (C=O) groups is 1. The zero-order chi connectivity index (χ0) is 16.7. The Bertz CT molecular complexity index is 727. The summed E-state index contributed by atoms with van der Waals surface area (Å²) in [6.07, 6.45) is 0.947. The van der Waals surface area contributed by atoms with Crippen molar-refractivity contribution in [3.63, 3.8) is 0 Å². The third-order valence-electron chi connectivity index (χ3n) is 4.55. The van der Waals surface area contributed by atoms with Crippen LogP contribution in [0.15, 0.2) is 12.1 Å². The molecule has 6 nitrogen and oxygen atoms in total. The van der Waals surface area contributed by atoms with E-state index in [2.05, 4.69) is 41.7 Å². The minimum atomic E-state index is 0.0657. The molecule has 124 valence electrons. The molecule has 1 unspecified atom stereocenters. The highest BCUT2D eigenvalue weighted by atomic mass is 16.2. The molecular weight excluding hydrogens is 290 g/mol. The lowest BCUT2D eigenvalue weighted by Crippen LogP contribution is -2.30. The molecule has 2 aromatic heterocycles. The van der Waals surface area contributed by atoms with Crippen molar-refractivity contribution in [1.82, 2.24) is 24.5 Å². The lowest BCUT2D eigenvalue weighted by molar-refractivity contribution is 0.0776. The minimum Gasteiger partial charge on any atom is -0.335 e. The Morgan fingerprint density at radius 2 is 2.00 bits per heavy atom. The SMILES string of the molecule is Cc1cc(C)n(C2CCN(C(=O)c3cc(C(C)C)nn3C)C2)n1. The van der Waals surface area contributed by atoms with Crippen molar-refractivity contribution in [2.24, 2.45) is 7.05 Å². The fourth-order valence-corrected chi connectivity index (χ4v) is 3.28. The van der Waals surface area contributed by atoms with Gasteiger partial charge < -0.3 is 4.90 Å². The quantitative estimate of drug-likeness (QED) is 0.874. The van der Waals surface area contributed by atoms with Gasteiger partial charge in [0.05, 0.1) is 17.4 Å². The number of rotatable bonds is 3. The van der Waals surface area contributed by atoms with E-state index in [-0.39, 0.29) is 11.9 Å². The highest BCUT2D eigenvalue weighted by Crippen LogP contribution is 2.25. The second-order valence-corrected chi connectivity index (χ2v) is 6.80. The summed E-state index contributed by atoms with van der Waals surface area (Å²) < 4.78 is 3.76. The lowest BCUT2D eigenvalue weighted by Gasteiger charge is -2.17. The molecule has 0 N–H and O–H groups in total. The summed E-state index contributed by atoms with van der Waals surface area (Å²) in [5, 5.41) is 9.01. The molecule has 1 amide bonds. The van der Waals surface area contributed by atoms with Gasteiger partial charge in [-0.25, -0.2) is 0 Å². The standard InChI is InChI=1S/C17H25N5O/c1-11(2)15-9-16(20(5)19-15)17(23)21-7-6-14(10-21)22-13(4)8-12(3)18-22/h8-9,11,14H,6-7,10H2,1-5H3. The van der Waals surface area contributed by atoms with Gasteiger partial charge in [0.1, 0.15) is 5.69 Å². The van der Waals surface area contributed by atoms with Gasteiger partial charge in [-0.3, -0.25) is 14.2 Å². The third-order valence-corrected chi connectivity index (χ3v) is 4.55. The van der Waals surface area contributed by atoms with Crippen molar-refractivity contribution < 1.29 is 4.79 Å². The molecule has 0 spiro atoms. The van der Waals surface area contributed by atoms with E-state index in [1.165, 1.54) is 0 Å². The van der Waals surface area contributed by atoms with Crippen LogP contribution in [0.5, 0.6) is 0 Å². The molecule has 0 saturated carbocycles. The number of hydrogen-bond donors (Lipinski definition) is 0. The molecule has 3 heterocycles. The Morgan fingerprint density at radius 3 is 2.57 bits per heavy atom. The molecule has 1 saturated heterocycles. The number of likely N-dealkylation sites (tertiary alicyclic amines) is 1. The van der Waals surface area contributed by atoms with Crippen molar-refractivity contribution in [3.05, 3.63) is 34.9 Å². The van der Waals surface area contributed by atoms with E-state index >= 15 is 0 Å². The molecule has 23 heavy (non-hydrogen) atoms. The molecule has 2 aromatic rings. The summed E-state index contributed by atoms with van der Waals surface area (Å²) in [6, 6.07) is 4.27. The lowest BCUT2D eigenvalue weighted by atomic mass is 10.1. The average Bonchev–Trinajstić information content (AvgIpc) is 3.16. The van der Waals surface area contributed by atoms with Gasteiger partial charge in [-0.2, -0.15) is 10.2 Å². The van der Waals surface area contributed by atoms with Crippen LogP contribution in [-0.2, 0) is 7.05 Å². The number of aromatic nitrogens is 4. The molecule has 3 rings (SSSR count). The van der Waals surface area contributed by atoms with Crippen LogP contribution in [0.1, 0.15) is 59.8 Å². The summed E-state index contributed by atoms with van der Waals surface area (Å²) in [4.78, 5) is 14.7. The minimum absolute atomic E-state index is 0.0657. The van der Waals surface area contributed by atoms with Gasteiger partial charge in [-0.15, -0.1) is 0 Å². The normalized spacial score (nSPS) is 18.2. The summed E-state index contributed by atoms with van der Waals surface area (Å²) in [5.74, 6) is 0.389. The van der Waals surface area contributed by atoms with E-state index in [9.17, 15) is 4.79 Å². The maximum atomic E-state index is 12.8. The van der Waals surface area contributed by atoms with Crippen molar-refractivity contribution in [1.29, 1.82) is 0 Å². The first-order chi connectivity index (χ1) is 10.9. The van der Waals surface area contributed by atoms with Gasteiger partial charge in [0.2, 0.25) is 0 Å². The van der Waals surface area contributed by atoms with E-state index in [0.29, 0.717) is 18.2 Å². The molecule has 0 radical (unpaired) electrons. The first-order valence-corrected chi connectivity index (χ1v) is 8.22. The van der Waals surface area contributed by atoms with Gasteiger partial charge in [0.15, 0.2) is 0 Å².